The van der Waals surface area contributed by atoms with E-state index in [0.717, 1.165) is 3.70 Å². The fourth-order valence-corrected chi connectivity index (χ4v) is 1.16. The van der Waals surface area contributed by atoms with Crippen LogP contribution < -0.4 is 0 Å². The molecule has 0 atom stereocenters. The molecule has 0 radical (unpaired) electrons. The van der Waals surface area contributed by atoms with Crippen LogP contribution in [0.2, 0.25) is 5.15 Å². The molecule has 1 nitrogen and oxygen atoms in total. The van der Waals surface area contributed by atoms with Crippen molar-refractivity contribution in [3.8, 4) is 0 Å². The Bertz CT molecular complexity index is 172. The normalized spacial score (nSPS) is 9.25. The molecule has 1 aromatic heterocycles. The minimum Gasteiger partial charge on any atom is -0.230 e. The molecule has 0 spiro atoms. The lowest BCUT2D eigenvalue weighted by Crippen LogP contribution is -1.76. The van der Waals surface area contributed by atoms with Crippen LogP contribution in [0.4, 0.5) is 0 Å². The van der Waals surface area contributed by atoms with Crippen molar-refractivity contribution in [2.24, 2.45) is 0 Å². The lowest BCUT2D eigenvalue weighted by atomic mass is 10.5. The summed E-state index contributed by atoms with van der Waals surface area (Å²) in [5, 5.41) is 0.553. The summed E-state index contributed by atoms with van der Waals surface area (Å²) in [5.41, 5.74) is 0. The van der Waals surface area contributed by atoms with Crippen LogP contribution in [0.5, 0.6) is 0 Å². The first-order valence-electron chi connectivity index (χ1n) is 2.07. The van der Waals surface area contributed by atoms with Crippen LogP contribution in [0.25, 0.3) is 0 Å². The first-order valence-corrected chi connectivity index (χ1v) is 3.53. The molecule has 0 unspecified atom stereocenters. The largest absolute Gasteiger partial charge is 0.230 e. The molecule has 0 saturated carbocycles. The second kappa shape index (κ2) is 2.64. The van der Waals surface area contributed by atoms with Gasteiger partial charge in [-0.15, -0.1) is 0 Å². The summed E-state index contributed by atoms with van der Waals surface area (Å²) in [6, 6.07) is 5.52. The lowest BCUT2D eigenvalue weighted by molar-refractivity contribution is 1.27. The van der Waals surface area contributed by atoms with Gasteiger partial charge in [0.2, 0.25) is 0 Å². The smallest absolute Gasteiger partial charge is 0.130 e. The van der Waals surface area contributed by atoms with Crippen molar-refractivity contribution in [2.45, 2.75) is 0 Å². The topological polar surface area (TPSA) is 12.9 Å². The molecule has 0 aliphatic carbocycles. The highest BCUT2D eigenvalue weighted by atomic mass is 127. The van der Waals surface area contributed by atoms with E-state index in [2.05, 4.69) is 27.6 Å². The highest BCUT2D eigenvalue weighted by Crippen LogP contribution is 2.05. The Hall–Kier alpha value is 0.170. The molecule has 3 heteroatoms. The Morgan fingerprint density at radius 2 is 2.25 bits per heavy atom. The second-order valence-corrected chi connectivity index (χ2v) is 2.78. The maximum atomic E-state index is 5.53. The van der Waals surface area contributed by atoms with Gasteiger partial charge in [0.1, 0.15) is 8.85 Å². The molecule has 0 N–H and O–H groups in total. The summed E-state index contributed by atoms with van der Waals surface area (Å²) in [5.74, 6) is 0. The van der Waals surface area contributed by atoms with Crippen molar-refractivity contribution in [2.75, 3.05) is 0 Å². The monoisotopic (exact) mass is 239 g/mol. The van der Waals surface area contributed by atoms with E-state index in [1.807, 2.05) is 12.1 Å². The molecule has 1 rings (SSSR count). The molecular weight excluding hydrogens is 236 g/mol. The number of rotatable bonds is 0. The van der Waals surface area contributed by atoms with Gasteiger partial charge < -0.3 is 0 Å². The van der Waals surface area contributed by atoms with E-state index >= 15 is 0 Å². The molecule has 8 heavy (non-hydrogen) atoms. The van der Waals surface area contributed by atoms with Gasteiger partial charge in [-0.3, -0.25) is 0 Å². The van der Waals surface area contributed by atoms with E-state index in [1.165, 1.54) is 0 Å². The number of pyridine rings is 1. The average molecular weight is 239 g/mol. The van der Waals surface area contributed by atoms with Crippen LogP contribution >= 0.6 is 34.2 Å². The standard InChI is InChI=1S/C5H3ClIN/c6-4-2-1-3-5(7)8-4/h1-3H. The molecule has 0 aliphatic rings. The predicted octanol–water partition coefficient (Wildman–Crippen LogP) is 2.34. The van der Waals surface area contributed by atoms with E-state index < -0.39 is 0 Å². The van der Waals surface area contributed by atoms with E-state index in [4.69, 9.17) is 11.6 Å². The molecule has 42 valence electrons. The summed E-state index contributed by atoms with van der Waals surface area (Å²) in [6.07, 6.45) is 0. The first kappa shape index (κ1) is 6.29. The average Bonchev–Trinajstić information content (AvgIpc) is 1.64. The third kappa shape index (κ3) is 1.59. The van der Waals surface area contributed by atoms with Crippen LogP contribution in [0, 0.1) is 3.70 Å². The predicted molar refractivity (Wildman–Crippen MR) is 42.0 cm³/mol. The molecule has 0 fully saturated rings. The Morgan fingerprint density at radius 3 is 2.62 bits per heavy atom. The van der Waals surface area contributed by atoms with Gasteiger partial charge >= 0.3 is 0 Å². The first-order chi connectivity index (χ1) is 3.79. The molecule has 0 aliphatic heterocycles. The summed E-state index contributed by atoms with van der Waals surface area (Å²) < 4.78 is 0.926. The maximum absolute atomic E-state index is 5.53. The van der Waals surface area contributed by atoms with E-state index in [1.54, 1.807) is 6.07 Å². The van der Waals surface area contributed by atoms with Gasteiger partial charge in [0, 0.05) is 0 Å². The highest BCUT2D eigenvalue weighted by Gasteiger charge is 1.86. The molecule has 1 heterocycles. The van der Waals surface area contributed by atoms with Crippen molar-refractivity contribution in [1.29, 1.82) is 0 Å². The summed E-state index contributed by atoms with van der Waals surface area (Å²) in [6.45, 7) is 0. The maximum Gasteiger partial charge on any atom is 0.130 e. The minimum absolute atomic E-state index is 0.553. The van der Waals surface area contributed by atoms with Crippen LogP contribution in [0.3, 0.4) is 0 Å². The van der Waals surface area contributed by atoms with Crippen LogP contribution in [0.1, 0.15) is 0 Å². The lowest BCUT2D eigenvalue weighted by Gasteiger charge is -1.86. The highest BCUT2D eigenvalue weighted by molar-refractivity contribution is 14.1. The third-order valence-electron chi connectivity index (χ3n) is 0.681. The molecule has 0 amide bonds. The number of aromatic nitrogens is 1. The molecule has 1 aromatic rings. The second-order valence-electron chi connectivity index (χ2n) is 1.28. The van der Waals surface area contributed by atoms with Crippen LogP contribution in [0.15, 0.2) is 18.2 Å². The van der Waals surface area contributed by atoms with Gasteiger partial charge in [-0.2, -0.15) is 0 Å². The minimum atomic E-state index is 0.553. The van der Waals surface area contributed by atoms with Gasteiger partial charge in [-0.05, 0) is 34.7 Å². The Labute approximate surface area is 66.2 Å². The number of hydrogen-bond acceptors (Lipinski definition) is 1. The van der Waals surface area contributed by atoms with Gasteiger partial charge in [0.15, 0.2) is 0 Å². The molecule has 0 bridgehead atoms. The van der Waals surface area contributed by atoms with Gasteiger partial charge in [0.05, 0.1) is 0 Å². The SMILES string of the molecule is Clc1cccc(I)n1. The van der Waals surface area contributed by atoms with E-state index in [-0.39, 0.29) is 0 Å². The van der Waals surface area contributed by atoms with Crippen LogP contribution in [-0.2, 0) is 0 Å². The quantitative estimate of drug-likeness (QED) is 0.500. The van der Waals surface area contributed by atoms with Gasteiger partial charge in [-0.25, -0.2) is 4.98 Å². The molecular formula is C5H3ClIN. The van der Waals surface area contributed by atoms with Crippen molar-refractivity contribution in [3.63, 3.8) is 0 Å². The molecule has 0 saturated heterocycles. The van der Waals surface area contributed by atoms with Crippen molar-refractivity contribution >= 4 is 34.2 Å². The zero-order chi connectivity index (χ0) is 5.98. The molecule has 0 aromatic carbocycles. The third-order valence-corrected chi connectivity index (χ3v) is 1.49. The summed E-state index contributed by atoms with van der Waals surface area (Å²) in [7, 11) is 0. The Balaban J connectivity index is 3.08. The van der Waals surface area contributed by atoms with Crippen molar-refractivity contribution in [3.05, 3.63) is 27.1 Å². The van der Waals surface area contributed by atoms with E-state index in [0.29, 0.717) is 5.15 Å². The number of nitrogens with zero attached hydrogens (tertiary/aromatic N) is 1. The van der Waals surface area contributed by atoms with Gasteiger partial charge in [0.25, 0.3) is 0 Å². The number of hydrogen-bond donors (Lipinski definition) is 0. The summed E-state index contributed by atoms with van der Waals surface area (Å²) >= 11 is 7.64. The Kier molecular flexibility index (Phi) is 2.08. The zero-order valence-electron chi connectivity index (χ0n) is 3.94. The number of halogens is 2. The van der Waals surface area contributed by atoms with Crippen molar-refractivity contribution in [1.82, 2.24) is 4.98 Å². The zero-order valence-corrected chi connectivity index (χ0v) is 6.85. The van der Waals surface area contributed by atoms with Gasteiger partial charge in [-0.1, -0.05) is 17.7 Å². The summed E-state index contributed by atoms with van der Waals surface area (Å²) in [4.78, 5) is 3.93. The fraction of sp³-hybridized carbons (Fsp3) is 0. The van der Waals surface area contributed by atoms with Crippen LogP contribution in [-0.4, -0.2) is 4.98 Å². The van der Waals surface area contributed by atoms with Crippen molar-refractivity contribution < 1.29 is 0 Å². The Morgan fingerprint density at radius 1 is 1.50 bits per heavy atom. The fourth-order valence-electron chi connectivity index (χ4n) is 0.383. The van der Waals surface area contributed by atoms with E-state index in [9.17, 15) is 0 Å².